The third-order valence-corrected chi connectivity index (χ3v) is 2.98. The van der Waals surface area contributed by atoms with E-state index in [0.717, 1.165) is 0 Å². The quantitative estimate of drug-likeness (QED) is 0.924. The Labute approximate surface area is 111 Å². The van der Waals surface area contributed by atoms with Gasteiger partial charge in [-0.3, -0.25) is 4.79 Å². The van der Waals surface area contributed by atoms with Crippen LogP contribution in [0, 0.1) is 19.7 Å². The molecule has 94 valence electrons. The molecule has 1 aromatic heterocycles. The van der Waals surface area contributed by atoms with Gasteiger partial charge in [-0.2, -0.15) is 0 Å². The van der Waals surface area contributed by atoms with E-state index in [1.54, 1.807) is 13.8 Å². The molecule has 0 bridgehead atoms. The average Bonchev–Trinajstić information content (AvgIpc) is 2.73. The maximum Gasteiger partial charge on any atom is 0.277 e. The Morgan fingerprint density at radius 3 is 2.72 bits per heavy atom. The van der Waals surface area contributed by atoms with Crippen LogP contribution in [0.3, 0.4) is 0 Å². The molecule has 2 aromatic rings. The Balaban J connectivity index is 2.24. The zero-order chi connectivity index (χ0) is 13.3. The lowest BCUT2D eigenvalue weighted by Gasteiger charge is -2.08. The minimum atomic E-state index is -0.395. The van der Waals surface area contributed by atoms with Crippen LogP contribution in [-0.2, 0) is 0 Å². The molecule has 1 aromatic carbocycles. The largest absolute Gasteiger partial charge is 0.361 e. The van der Waals surface area contributed by atoms with Crippen LogP contribution >= 0.6 is 15.9 Å². The first-order valence-corrected chi connectivity index (χ1v) is 5.97. The Morgan fingerprint density at radius 2 is 2.11 bits per heavy atom. The van der Waals surface area contributed by atoms with E-state index < -0.39 is 5.91 Å². The summed E-state index contributed by atoms with van der Waals surface area (Å²) in [6.45, 7) is 3.41. The summed E-state index contributed by atoms with van der Waals surface area (Å²) in [6, 6.07) is 4.38. The second kappa shape index (κ2) is 4.89. The minimum absolute atomic E-state index is 0.187. The number of nitrogens with zero attached hydrogens (tertiary/aromatic N) is 1. The smallest absolute Gasteiger partial charge is 0.277 e. The predicted octanol–water partition coefficient (Wildman–Crippen LogP) is 3.45. The van der Waals surface area contributed by atoms with Gasteiger partial charge in [0.25, 0.3) is 5.91 Å². The lowest BCUT2D eigenvalue weighted by molar-refractivity contribution is 0.101. The summed E-state index contributed by atoms with van der Waals surface area (Å²) in [5.41, 5.74) is 1.34. The highest BCUT2D eigenvalue weighted by Crippen LogP contribution is 2.24. The SMILES string of the molecule is Cc1cc(C(=O)Nc2cc(Br)c(F)cc2C)no1. The number of halogens is 2. The number of nitrogens with one attached hydrogen (secondary N) is 1. The molecule has 0 aliphatic rings. The molecule has 0 saturated carbocycles. The molecule has 18 heavy (non-hydrogen) atoms. The fourth-order valence-corrected chi connectivity index (χ4v) is 1.78. The van der Waals surface area contributed by atoms with Gasteiger partial charge in [0.15, 0.2) is 5.69 Å². The van der Waals surface area contributed by atoms with Crippen LogP contribution in [0.1, 0.15) is 21.8 Å². The summed E-state index contributed by atoms with van der Waals surface area (Å²) in [5.74, 6) is -0.214. The van der Waals surface area contributed by atoms with E-state index in [9.17, 15) is 9.18 Å². The Morgan fingerprint density at radius 1 is 1.39 bits per heavy atom. The van der Waals surface area contributed by atoms with Gasteiger partial charge in [-0.15, -0.1) is 0 Å². The van der Waals surface area contributed by atoms with Crippen molar-refractivity contribution in [3.8, 4) is 0 Å². The van der Waals surface area contributed by atoms with E-state index in [4.69, 9.17) is 4.52 Å². The highest BCUT2D eigenvalue weighted by atomic mass is 79.9. The first-order chi connectivity index (χ1) is 8.47. The van der Waals surface area contributed by atoms with Crippen LogP contribution in [0.5, 0.6) is 0 Å². The van der Waals surface area contributed by atoms with Crippen LogP contribution in [0.4, 0.5) is 10.1 Å². The van der Waals surface area contributed by atoms with Crippen LogP contribution in [0.2, 0.25) is 0 Å². The maximum atomic E-state index is 13.2. The molecule has 6 heteroatoms. The van der Waals surface area contributed by atoms with E-state index in [2.05, 4.69) is 26.4 Å². The van der Waals surface area contributed by atoms with Crippen LogP contribution < -0.4 is 5.32 Å². The van der Waals surface area contributed by atoms with E-state index in [1.807, 2.05) is 0 Å². The van der Waals surface area contributed by atoms with E-state index in [1.165, 1.54) is 18.2 Å². The van der Waals surface area contributed by atoms with Crippen molar-refractivity contribution in [3.05, 3.63) is 45.5 Å². The standard InChI is InChI=1S/C12H10BrFN2O2/c1-6-3-9(14)8(13)5-10(6)15-12(17)11-4-7(2)18-16-11/h3-5H,1-2H3,(H,15,17). The number of carbonyl (C=O) groups is 1. The molecule has 0 aliphatic carbocycles. The number of hydrogen-bond acceptors (Lipinski definition) is 3. The van der Waals surface area contributed by atoms with Crippen molar-refractivity contribution in [2.75, 3.05) is 5.32 Å². The summed E-state index contributed by atoms with van der Waals surface area (Å²) < 4.78 is 18.3. The number of aryl methyl sites for hydroxylation is 2. The first-order valence-electron chi connectivity index (χ1n) is 5.17. The van der Waals surface area contributed by atoms with Crippen molar-refractivity contribution in [3.63, 3.8) is 0 Å². The number of anilines is 1. The number of aromatic nitrogens is 1. The van der Waals surface area contributed by atoms with Gasteiger partial charge < -0.3 is 9.84 Å². The molecular weight excluding hydrogens is 303 g/mol. The lowest BCUT2D eigenvalue weighted by Crippen LogP contribution is -2.13. The summed E-state index contributed by atoms with van der Waals surface area (Å²) in [5, 5.41) is 6.26. The van der Waals surface area contributed by atoms with Gasteiger partial charge in [-0.1, -0.05) is 5.16 Å². The van der Waals surface area contributed by atoms with Gasteiger partial charge in [0.1, 0.15) is 11.6 Å². The highest BCUT2D eigenvalue weighted by molar-refractivity contribution is 9.10. The summed E-state index contributed by atoms with van der Waals surface area (Å²) in [6.07, 6.45) is 0. The molecule has 0 spiro atoms. The molecule has 0 atom stereocenters. The van der Waals surface area contributed by atoms with Crippen LogP contribution in [0.15, 0.2) is 27.2 Å². The topological polar surface area (TPSA) is 55.1 Å². The van der Waals surface area contributed by atoms with E-state index in [0.29, 0.717) is 21.5 Å². The van der Waals surface area contributed by atoms with Crippen molar-refractivity contribution < 1.29 is 13.7 Å². The number of hydrogen-bond donors (Lipinski definition) is 1. The number of amides is 1. The molecule has 4 nitrogen and oxygen atoms in total. The molecule has 0 aliphatic heterocycles. The van der Waals surface area contributed by atoms with Crippen LogP contribution in [0.25, 0.3) is 0 Å². The number of benzene rings is 1. The Kier molecular flexibility index (Phi) is 3.47. The third kappa shape index (κ3) is 2.59. The second-order valence-corrected chi connectivity index (χ2v) is 4.71. The molecule has 1 N–H and O–H groups in total. The van der Waals surface area contributed by atoms with Gasteiger partial charge in [-0.25, -0.2) is 4.39 Å². The van der Waals surface area contributed by atoms with E-state index >= 15 is 0 Å². The summed E-state index contributed by atoms with van der Waals surface area (Å²) in [4.78, 5) is 11.8. The normalized spacial score (nSPS) is 10.4. The molecular formula is C12H10BrFN2O2. The minimum Gasteiger partial charge on any atom is -0.361 e. The molecule has 0 saturated heterocycles. The van der Waals surface area contributed by atoms with E-state index in [-0.39, 0.29) is 11.5 Å². The molecule has 0 fully saturated rings. The lowest BCUT2D eigenvalue weighted by atomic mass is 10.2. The predicted molar refractivity (Wildman–Crippen MR) is 68.0 cm³/mol. The van der Waals surface area contributed by atoms with Crippen LogP contribution in [-0.4, -0.2) is 11.1 Å². The van der Waals surface area contributed by atoms with Gasteiger partial charge in [0.05, 0.1) is 4.47 Å². The van der Waals surface area contributed by atoms with Crippen molar-refractivity contribution in [2.45, 2.75) is 13.8 Å². The van der Waals surface area contributed by atoms with Crippen molar-refractivity contribution in [1.29, 1.82) is 0 Å². The third-order valence-electron chi connectivity index (χ3n) is 2.38. The molecule has 2 rings (SSSR count). The summed E-state index contributed by atoms with van der Waals surface area (Å²) in [7, 11) is 0. The second-order valence-electron chi connectivity index (χ2n) is 3.86. The molecule has 0 radical (unpaired) electrons. The Bertz CT molecular complexity index is 610. The zero-order valence-corrected chi connectivity index (χ0v) is 11.3. The number of rotatable bonds is 2. The maximum absolute atomic E-state index is 13.2. The zero-order valence-electron chi connectivity index (χ0n) is 9.75. The van der Waals surface area contributed by atoms with Crippen molar-refractivity contribution in [1.82, 2.24) is 5.16 Å². The fourth-order valence-electron chi connectivity index (χ4n) is 1.44. The molecule has 0 unspecified atom stereocenters. The number of carbonyl (C=O) groups excluding carboxylic acids is 1. The van der Waals surface area contributed by atoms with Gasteiger partial charge in [0, 0.05) is 11.8 Å². The molecule has 1 amide bonds. The monoisotopic (exact) mass is 312 g/mol. The van der Waals surface area contributed by atoms with Gasteiger partial charge >= 0.3 is 0 Å². The summed E-state index contributed by atoms with van der Waals surface area (Å²) >= 11 is 3.07. The Hall–Kier alpha value is -1.69. The first kappa shape index (κ1) is 12.8. The fraction of sp³-hybridized carbons (Fsp3) is 0.167. The van der Waals surface area contributed by atoms with Gasteiger partial charge in [-0.05, 0) is 47.5 Å². The van der Waals surface area contributed by atoms with Gasteiger partial charge in [0.2, 0.25) is 0 Å². The van der Waals surface area contributed by atoms with Crippen molar-refractivity contribution in [2.24, 2.45) is 0 Å². The van der Waals surface area contributed by atoms with Crippen molar-refractivity contribution >= 4 is 27.5 Å². The molecule has 1 heterocycles. The average molecular weight is 313 g/mol. The highest BCUT2D eigenvalue weighted by Gasteiger charge is 2.13.